The smallest absolute Gasteiger partial charge is 0.260 e. The average molecular weight is 291 g/mol. The number of carbonyl (C=O) groups excluding carboxylic acids is 1. The highest BCUT2D eigenvalue weighted by Crippen LogP contribution is 2.33. The SMILES string of the molecule is CNCc1cc(Cl)cc(Cl)c1OC(C)C(=O)NC. The minimum atomic E-state index is -0.621. The van der Waals surface area contributed by atoms with Gasteiger partial charge in [0.05, 0.1) is 5.02 Å². The molecule has 0 spiro atoms. The summed E-state index contributed by atoms with van der Waals surface area (Å²) in [6.45, 7) is 2.21. The Morgan fingerprint density at radius 2 is 2.06 bits per heavy atom. The summed E-state index contributed by atoms with van der Waals surface area (Å²) in [6.07, 6.45) is -0.621. The maximum Gasteiger partial charge on any atom is 0.260 e. The first kappa shape index (κ1) is 15.1. The number of hydrogen-bond acceptors (Lipinski definition) is 3. The fourth-order valence-electron chi connectivity index (χ4n) is 1.50. The van der Waals surface area contributed by atoms with Gasteiger partial charge < -0.3 is 15.4 Å². The molecule has 2 N–H and O–H groups in total. The van der Waals surface area contributed by atoms with Gasteiger partial charge in [0.1, 0.15) is 5.75 Å². The van der Waals surface area contributed by atoms with E-state index in [1.54, 1.807) is 33.2 Å². The number of halogens is 2. The van der Waals surface area contributed by atoms with E-state index in [4.69, 9.17) is 27.9 Å². The minimum Gasteiger partial charge on any atom is -0.479 e. The Morgan fingerprint density at radius 1 is 1.39 bits per heavy atom. The van der Waals surface area contributed by atoms with Crippen LogP contribution in [0.2, 0.25) is 10.0 Å². The quantitative estimate of drug-likeness (QED) is 0.874. The lowest BCUT2D eigenvalue weighted by Crippen LogP contribution is -2.34. The molecule has 18 heavy (non-hydrogen) atoms. The lowest BCUT2D eigenvalue weighted by atomic mass is 10.2. The maximum absolute atomic E-state index is 11.4. The summed E-state index contributed by atoms with van der Waals surface area (Å²) in [7, 11) is 3.36. The van der Waals surface area contributed by atoms with Crippen molar-refractivity contribution in [2.75, 3.05) is 14.1 Å². The zero-order chi connectivity index (χ0) is 13.7. The molecule has 0 fully saturated rings. The molecule has 1 aromatic rings. The van der Waals surface area contributed by atoms with Crippen molar-refractivity contribution in [2.24, 2.45) is 0 Å². The van der Waals surface area contributed by atoms with Crippen LogP contribution >= 0.6 is 23.2 Å². The normalized spacial score (nSPS) is 12.1. The van der Waals surface area contributed by atoms with Gasteiger partial charge in [-0.25, -0.2) is 0 Å². The van der Waals surface area contributed by atoms with Gasteiger partial charge in [-0.05, 0) is 26.1 Å². The second-order valence-corrected chi connectivity index (χ2v) is 4.62. The van der Waals surface area contributed by atoms with E-state index in [0.29, 0.717) is 22.3 Å². The van der Waals surface area contributed by atoms with Crippen LogP contribution in [0.3, 0.4) is 0 Å². The maximum atomic E-state index is 11.4. The summed E-state index contributed by atoms with van der Waals surface area (Å²) in [6, 6.07) is 3.35. The number of carbonyl (C=O) groups is 1. The highest BCUT2D eigenvalue weighted by Gasteiger charge is 2.17. The van der Waals surface area contributed by atoms with Crippen LogP contribution in [0.1, 0.15) is 12.5 Å². The Kier molecular flexibility index (Phi) is 5.72. The highest BCUT2D eigenvalue weighted by molar-refractivity contribution is 6.35. The van der Waals surface area contributed by atoms with Gasteiger partial charge in [0, 0.05) is 24.2 Å². The molecule has 0 aromatic heterocycles. The predicted octanol–water partition coefficient (Wildman–Crippen LogP) is 2.23. The summed E-state index contributed by atoms with van der Waals surface area (Å²) in [4.78, 5) is 11.4. The summed E-state index contributed by atoms with van der Waals surface area (Å²) < 4.78 is 5.59. The Hall–Kier alpha value is -0.970. The third-order valence-electron chi connectivity index (χ3n) is 2.36. The van der Waals surface area contributed by atoms with Gasteiger partial charge in [0.15, 0.2) is 6.10 Å². The molecular formula is C12H16Cl2N2O2. The van der Waals surface area contributed by atoms with E-state index in [1.165, 1.54) is 0 Å². The van der Waals surface area contributed by atoms with Crippen molar-refractivity contribution < 1.29 is 9.53 Å². The second kappa shape index (κ2) is 6.83. The number of amides is 1. The average Bonchev–Trinajstić information content (AvgIpc) is 2.32. The molecule has 0 aliphatic rings. The monoisotopic (exact) mass is 290 g/mol. The van der Waals surface area contributed by atoms with Crippen LogP contribution < -0.4 is 15.4 Å². The zero-order valence-electron chi connectivity index (χ0n) is 10.5. The van der Waals surface area contributed by atoms with E-state index < -0.39 is 6.10 Å². The molecule has 0 heterocycles. The van der Waals surface area contributed by atoms with E-state index in [-0.39, 0.29) is 5.91 Å². The van der Waals surface area contributed by atoms with Gasteiger partial charge in [0.25, 0.3) is 5.91 Å². The molecule has 0 aliphatic heterocycles. The van der Waals surface area contributed by atoms with Gasteiger partial charge in [-0.15, -0.1) is 0 Å². The summed E-state index contributed by atoms with van der Waals surface area (Å²) in [5.41, 5.74) is 0.811. The van der Waals surface area contributed by atoms with E-state index in [9.17, 15) is 4.79 Å². The molecule has 0 bridgehead atoms. The van der Waals surface area contributed by atoms with Crippen molar-refractivity contribution in [2.45, 2.75) is 19.6 Å². The van der Waals surface area contributed by atoms with Crippen molar-refractivity contribution in [3.8, 4) is 5.75 Å². The van der Waals surface area contributed by atoms with Crippen LogP contribution in [-0.2, 0) is 11.3 Å². The fraction of sp³-hybridized carbons (Fsp3) is 0.417. The number of hydrogen-bond donors (Lipinski definition) is 2. The molecule has 0 saturated carbocycles. The molecule has 0 radical (unpaired) electrons. The van der Waals surface area contributed by atoms with Crippen LogP contribution in [0.5, 0.6) is 5.75 Å². The van der Waals surface area contributed by atoms with Crippen LogP contribution in [0.4, 0.5) is 0 Å². The topological polar surface area (TPSA) is 50.4 Å². The lowest BCUT2D eigenvalue weighted by Gasteiger charge is -2.18. The Bertz CT molecular complexity index is 438. The highest BCUT2D eigenvalue weighted by atomic mass is 35.5. The fourth-order valence-corrected chi connectivity index (χ4v) is 2.08. The van der Waals surface area contributed by atoms with Crippen LogP contribution in [0.25, 0.3) is 0 Å². The predicted molar refractivity (Wildman–Crippen MR) is 73.4 cm³/mol. The third-order valence-corrected chi connectivity index (χ3v) is 2.86. The Morgan fingerprint density at radius 3 is 2.61 bits per heavy atom. The summed E-state index contributed by atoms with van der Waals surface area (Å²) >= 11 is 12.0. The number of benzene rings is 1. The van der Waals surface area contributed by atoms with Gasteiger partial charge in [-0.3, -0.25) is 4.79 Å². The third kappa shape index (κ3) is 3.77. The van der Waals surface area contributed by atoms with E-state index >= 15 is 0 Å². The molecule has 6 heteroatoms. The molecule has 1 rings (SSSR count). The number of nitrogens with one attached hydrogen (secondary N) is 2. The van der Waals surface area contributed by atoms with Gasteiger partial charge >= 0.3 is 0 Å². The summed E-state index contributed by atoms with van der Waals surface area (Å²) in [5.74, 6) is 0.267. The molecular weight excluding hydrogens is 275 g/mol. The number of ether oxygens (including phenoxy) is 1. The number of likely N-dealkylation sites (N-methyl/N-ethyl adjacent to an activating group) is 1. The molecule has 4 nitrogen and oxygen atoms in total. The second-order valence-electron chi connectivity index (χ2n) is 3.78. The van der Waals surface area contributed by atoms with Gasteiger partial charge in [-0.2, -0.15) is 0 Å². The van der Waals surface area contributed by atoms with E-state index in [0.717, 1.165) is 5.56 Å². The minimum absolute atomic E-state index is 0.212. The van der Waals surface area contributed by atoms with Gasteiger partial charge in [-0.1, -0.05) is 23.2 Å². The zero-order valence-corrected chi connectivity index (χ0v) is 12.0. The molecule has 1 atom stereocenters. The standard InChI is InChI=1S/C12H16Cl2N2O2/c1-7(12(17)16-3)18-11-8(6-15-2)4-9(13)5-10(11)14/h4-5,7,15H,6H2,1-3H3,(H,16,17). The number of rotatable bonds is 5. The first-order valence-electron chi connectivity index (χ1n) is 5.50. The lowest BCUT2D eigenvalue weighted by molar-refractivity contribution is -0.126. The Labute approximate surface area is 117 Å². The van der Waals surface area contributed by atoms with Crippen molar-refractivity contribution in [3.63, 3.8) is 0 Å². The Balaban J connectivity index is 3.02. The van der Waals surface area contributed by atoms with Crippen LogP contribution in [0, 0.1) is 0 Å². The molecule has 1 amide bonds. The molecule has 0 aliphatic carbocycles. The first-order chi connectivity index (χ1) is 8.49. The van der Waals surface area contributed by atoms with E-state index in [1.807, 2.05) is 0 Å². The van der Waals surface area contributed by atoms with Crippen molar-refractivity contribution in [1.82, 2.24) is 10.6 Å². The first-order valence-corrected chi connectivity index (χ1v) is 6.26. The molecule has 1 aromatic carbocycles. The van der Waals surface area contributed by atoms with Crippen molar-refractivity contribution in [3.05, 3.63) is 27.7 Å². The van der Waals surface area contributed by atoms with Crippen LogP contribution in [0.15, 0.2) is 12.1 Å². The molecule has 0 saturated heterocycles. The molecule has 1 unspecified atom stereocenters. The van der Waals surface area contributed by atoms with Gasteiger partial charge in [0.2, 0.25) is 0 Å². The van der Waals surface area contributed by atoms with Crippen molar-refractivity contribution in [1.29, 1.82) is 0 Å². The van der Waals surface area contributed by atoms with E-state index in [2.05, 4.69) is 10.6 Å². The summed E-state index contributed by atoms with van der Waals surface area (Å²) in [5, 5.41) is 6.44. The van der Waals surface area contributed by atoms with Crippen molar-refractivity contribution >= 4 is 29.1 Å². The molecule has 100 valence electrons. The van der Waals surface area contributed by atoms with Crippen LogP contribution in [-0.4, -0.2) is 26.1 Å². The largest absolute Gasteiger partial charge is 0.479 e.